The number of ether oxygens (including phenoxy) is 1. The van der Waals surface area contributed by atoms with Gasteiger partial charge in [0.1, 0.15) is 11.6 Å². The number of aliphatic carboxylic acids is 1. The molecule has 1 atom stereocenters. The van der Waals surface area contributed by atoms with E-state index in [0.717, 1.165) is 19.3 Å². The summed E-state index contributed by atoms with van der Waals surface area (Å²) < 4.78 is 5.18. The van der Waals surface area contributed by atoms with Gasteiger partial charge in [-0.1, -0.05) is 20.8 Å². The van der Waals surface area contributed by atoms with Crippen LogP contribution in [0.5, 0.6) is 0 Å². The minimum Gasteiger partial charge on any atom is -0.480 e. The Morgan fingerprint density at radius 3 is 1.90 bits per heavy atom. The molecule has 5 heteroatoms. The SMILES string of the molecule is CC(C)(C)OC(=O)N[C@@H](C(=O)O)C12CC(C(C)(C)C)(C1)C2. The first-order chi connectivity index (χ1) is 9.30. The van der Waals surface area contributed by atoms with Crippen LogP contribution < -0.4 is 5.32 Å². The van der Waals surface area contributed by atoms with E-state index in [0.29, 0.717) is 0 Å². The second-order valence-electron chi connectivity index (χ2n) is 8.84. The molecule has 2 N–H and O–H groups in total. The number of rotatable bonds is 3. The van der Waals surface area contributed by atoms with E-state index in [1.807, 2.05) is 0 Å². The first-order valence-electron chi connectivity index (χ1n) is 7.53. The van der Waals surface area contributed by atoms with Crippen LogP contribution in [-0.4, -0.2) is 28.8 Å². The van der Waals surface area contributed by atoms with Crippen LogP contribution >= 0.6 is 0 Å². The predicted octanol–water partition coefficient (Wildman–Crippen LogP) is 3.18. The summed E-state index contributed by atoms with van der Waals surface area (Å²) in [6, 6.07) is -0.850. The Hall–Kier alpha value is -1.26. The van der Waals surface area contributed by atoms with E-state index in [-0.39, 0.29) is 16.2 Å². The third kappa shape index (κ3) is 2.62. The van der Waals surface area contributed by atoms with E-state index >= 15 is 0 Å². The average Bonchev–Trinajstić information content (AvgIpc) is 2.05. The van der Waals surface area contributed by atoms with Crippen molar-refractivity contribution in [3.05, 3.63) is 0 Å². The highest BCUT2D eigenvalue weighted by atomic mass is 16.6. The van der Waals surface area contributed by atoms with Gasteiger partial charge in [0, 0.05) is 5.41 Å². The summed E-state index contributed by atoms with van der Waals surface area (Å²) in [5.41, 5.74) is -0.477. The zero-order chi connectivity index (χ0) is 16.3. The number of carboxylic acids is 1. The molecule has 3 aliphatic carbocycles. The summed E-state index contributed by atoms with van der Waals surface area (Å²) >= 11 is 0. The third-order valence-corrected chi connectivity index (χ3v) is 5.18. The summed E-state index contributed by atoms with van der Waals surface area (Å²) in [7, 11) is 0. The molecule has 3 rings (SSSR count). The molecule has 0 unspecified atom stereocenters. The molecule has 1 amide bonds. The molecule has 0 aromatic rings. The van der Waals surface area contributed by atoms with Gasteiger partial charge in [-0.3, -0.25) is 0 Å². The van der Waals surface area contributed by atoms with Crippen LogP contribution in [-0.2, 0) is 9.53 Å². The largest absolute Gasteiger partial charge is 0.480 e. The summed E-state index contributed by atoms with van der Waals surface area (Å²) in [6.07, 6.45) is 1.97. The van der Waals surface area contributed by atoms with E-state index in [9.17, 15) is 14.7 Å². The van der Waals surface area contributed by atoms with Gasteiger partial charge in [-0.2, -0.15) is 0 Å². The van der Waals surface area contributed by atoms with Crippen LogP contribution in [0.25, 0.3) is 0 Å². The van der Waals surface area contributed by atoms with Crippen LogP contribution in [0, 0.1) is 16.2 Å². The van der Waals surface area contributed by atoms with E-state index in [4.69, 9.17) is 4.74 Å². The molecule has 21 heavy (non-hydrogen) atoms. The number of carbonyl (C=O) groups excluding carboxylic acids is 1. The van der Waals surface area contributed by atoms with Gasteiger partial charge in [-0.05, 0) is 50.9 Å². The Bertz CT molecular complexity index is 450. The second-order valence-corrected chi connectivity index (χ2v) is 8.84. The Morgan fingerprint density at radius 2 is 1.57 bits per heavy atom. The monoisotopic (exact) mass is 297 g/mol. The maximum atomic E-state index is 11.9. The standard InChI is InChI=1S/C16H27NO4/c1-13(2,3)16-7-15(8-16,9-16)10(11(18)19)17-12(20)21-14(4,5)6/h10H,7-9H2,1-6H3,(H,17,20)(H,18,19)/t10-,15?,16?/m0/s1. The molecule has 0 heterocycles. The van der Waals surface area contributed by atoms with Crippen molar-refractivity contribution in [2.45, 2.75) is 72.4 Å². The fraction of sp³-hybridized carbons (Fsp3) is 0.875. The maximum absolute atomic E-state index is 11.9. The molecule has 0 aromatic carbocycles. The van der Waals surface area contributed by atoms with Crippen molar-refractivity contribution in [3.63, 3.8) is 0 Å². The minimum absolute atomic E-state index is 0.184. The highest BCUT2D eigenvalue weighted by molar-refractivity contribution is 5.81. The fourth-order valence-corrected chi connectivity index (χ4v) is 3.87. The number of amides is 1. The van der Waals surface area contributed by atoms with Gasteiger partial charge in [0.05, 0.1) is 0 Å². The molecule has 120 valence electrons. The van der Waals surface area contributed by atoms with Crippen LogP contribution in [0.2, 0.25) is 0 Å². The number of carboxylic acid groups (broad SMARTS) is 1. The van der Waals surface area contributed by atoms with Crippen molar-refractivity contribution < 1.29 is 19.4 Å². The normalized spacial score (nSPS) is 32.5. The lowest BCUT2D eigenvalue weighted by molar-refractivity contribution is -0.271. The van der Waals surface area contributed by atoms with Crippen LogP contribution in [0.15, 0.2) is 0 Å². The number of carbonyl (C=O) groups is 2. The molecule has 0 aliphatic heterocycles. The number of nitrogens with one attached hydrogen (secondary N) is 1. The third-order valence-electron chi connectivity index (χ3n) is 5.18. The summed E-state index contributed by atoms with van der Waals surface area (Å²) in [5, 5.41) is 12.0. The fourth-order valence-electron chi connectivity index (χ4n) is 3.87. The minimum atomic E-state index is -0.969. The van der Waals surface area contributed by atoms with Gasteiger partial charge in [0.2, 0.25) is 0 Å². The van der Waals surface area contributed by atoms with Crippen molar-refractivity contribution in [3.8, 4) is 0 Å². The molecule has 3 aliphatic rings. The molecule has 0 spiro atoms. The van der Waals surface area contributed by atoms with Crippen molar-refractivity contribution in [2.24, 2.45) is 16.2 Å². The van der Waals surface area contributed by atoms with Crippen molar-refractivity contribution >= 4 is 12.1 Å². The summed E-state index contributed by atoms with van der Waals surface area (Å²) in [5.74, 6) is -0.969. The lowest BCUT2D eigenvalue weighted by Crippen LogP contribution is -2.74. The lowest BCUT2D eigenvalue weighted by atomic mass is 9.28. The van der Waals surface area contributed by atoms with Gasteiger partial charge < -0.3 is 15.2 Å². The van der Waals surface area contributed by atoms with Gasteiger partial charge in [0.15, 0.2) is 0 Å². The molecule has 3 saturated carbocycles. The molecule has 0 saturated heterocycles. The van der Waals surface area contributed by atoms with Crippen LogP contribution in [0.3, 0.4) is 0 Å². The molecule has 5 nitrogen and oxygen atoms in total. The highest BCUT2D eigenvalue weighted by Gasteiger charge is 2.75. The molecular weight excluding hydrogens is 270 g/mol. The van der Waals surface area contributed by atoms with Gasteiger partial charge in [-0.15, -0.1) is 0 Å². The van der Waals surface area contributed by atoms with Crippen molar-refractivity contribution in [2.75, 3.05) is 0 Å². The van der Waals surface area contributed by atoms with E-state index < -0.39 is 23.7 Å². The summed E-state index contributed by atoms with van der Waals surface area (Å²) in [4.78, 5) is 23.4. The Balaban J connectivity index is 2.01. The van der Waals surface area contributed by atoms with Gasteiger partial charge in [0.25, 0.3) is 0 Å². The van der Waals surface area contributed by atoms with Crippen LogP contribution in [0.1, 0.15) is 60.8 Å². The number of hydrogen-bond donors (Lipinski definition) is 2. The van der Waals surface area contributed by atoms with E-state index in [2.05, 4.69) is 26.1 Å². The number of hydrogen-bond acceptors (Lipinski definition) is 3. The predicted molar refractivity (Wildman–Crippen MR) is 79.0 cm³/mol. The van der Waals surface area contributed by atoms with Crippen LogP contribution in [0.4, 0.5) is 4.79 Å². The quantitative estimate of drug-likeness (QED) is 0.839. The molecular formula is C16H27NO4. The zero-order valence-electron chi connectivity index (χ0n) is 13.9. The second kappa shape index (κ2) is 4.37. The van der Waals surface area contributed by atoms with Gasteiger partial charge >= 0.3 is 12.1 Å². The van der Waals surface area contributed by atoms with E-state index in [1.165, 1.54) is 0 Å². The Morgan fingerprint density at radius 1 is 1.10 bits per heavy atom. The first-order valence-corrected chi connectivity index (χ1v) is 7.53. The smallest absolute Gasteiger partial charge is 0.408 e. The zero-order valence-corrected chi connectivity index (χ0v) is 13.9. The Labute approximate surface area is 126 Å². The van der Waals surface area contributed by atoms with Crippen molar-refractivity contribution in [1.82, 2.24) is 5.32 Å². The number of alkyl carbamates (subject to hydrolysis) is 1. The molecule has 3 fully saturated rings. The van der Waals surface area contributed by atoms with Crippen molar-refractivity contribution in [1.29, 1.82) is 0 Å². The topological polar surface area (TPSA) is 75.6 Å². The van der Waals surface area contributed by atoms with Gasteiger partial charge in [-0.25, -0.2) is 9.59 Å². The summed E-state index contributed by atoms with van der Waals surface area (Å²) in [6.45, 7) is 11.9. The maximum Gasteiger partial charge on any atom is 0.408 e. The Kier molecular flexibility index (Phi) is 3.35. The molecule has 0 radical (unpaired) electrons. The van der Waals surface area contributed by atoms with E-state index in [1.54, 1.807) is 20.8 Å². The molecule has 0 aromatic heterocycles. The first kappa shape index (κ1) is 16.1. The lowest BCUT2D eigenvalue weighted by Gasteiger charge is -2.77. The highest BCUT2D eigenvalue weighted by Crippen LogP contribution is 2.80. The molecule has 2 bridgehead atoms. The average molecular weight is 297 g/mol.